The molecule has 3 amide bonds. The Kier molecular flexibility index (Phi) is 7.26. The van der Waals surface area contributed by atoms with Crippen molar-refractivity contribution < 1.29 is 33.4 Å². The van der Waals surface area contributed by atoms with Crippen LogP contribution in [0.4, 0.5) is 5.69 Å². The van der Waals surface area contributed by atoms with Crippen LogP contribution in [0.2, 0.25) is 0 Å². The highest BCUT2D eigenvalue weighted by Crippen LogP contribution is 2.56. The molecule has 2 aliphatic carbocycles. The molecule has 0 unspecified atom stereocenters. The van der Waals surface area contributed by atoms with Crippen LogP contribution in [-0.2, 0) is 35.1 Å². The predicted molar refractivity (Wildman–Crippen MR) is 136 cm³/mol. The Balaban J connectivity index is 1.25. The Morgan fingerprint density at radius 1 is 0.921 bits per heavy atom. The lowest BCUT2D eigenvalue weighted by Crippen LogP contribution is -2.48. The highest BCUT2D eigenvalue weighted by atomic mass is 16.5. The number of nitrogens with one attached hydrogen (secondary N) is 1. The number of carbonyl (C=O) groups is 5. The molecule has 2 aromatic carbocycles. The monoisotopic (exact) mass is 518 g/mol. The second-order valence-electron chi connectivity index (χ2n) is 10.1. The number of hydrogen-bond acceptors (Lipinski definition) is 7. The van der Waals surface area contributed by atoms with Crippen LogP contribution >= 0.6 is 0 Å². The number of nitrogens with zero attached hydrogens (tertiary/aromatic N) is 1. The Labute approximate surface area is 220 Å². The maximum Gasteiger partial charge on any atom is 0.338 e. The molecule has 2 saturated carbocycles. The van der Waals surface area contributed by atoms with Gasteiger partial charge in [-0.2, -0.15) is 0 Å². The summed E-state index contributed by atoms with van der Waals surface area (Å²) in [6.45, 7) is 1.38. The average Bonchev–Trinajstić information content (AvgIpc) is 3.61. The molecule has 2 bridgehead atoms. The summed E-state index contributed by atoms with van der Waals surface area (Å²) >= 11 is 0. The topological polar surface area (TPSA) is 119 Å². The summed E-state index contributed by atoms with van der Waals surface area (Å²) in [5.41, 5.74) is 1.53. The third-order valence-electron chi connectivity index (χ3n) is 7.84. The molecule has 2 aromatic rings. The predicted octanol–water partition coefficient (Wildman–Crippen LogP) is 2.99. The minimum Gasteiger partial charge on any atom is -0.462 e. The Morgan fingerprint density at radius 2 is 1.55 bits per heavy atom. The van der Waals surface area contributed by atoms with E-state index in [1.54, 1.807) is 19.1 Å². The Hall–Kier alpha value is -4.01. The van der Waals surface area contributed by atoms with Crippen molar-refractivity contribution in [3.8, 4) is 0 Å². The minimum atomic E-state index is -1.14. The molecule has 0 spiro atoms. The number of hydrogen-bond donors (Lipinski definition) is 1. The summed E-state index contributed by atoms with van der Waals surface area (Å²) in [5, 5.41) is 2.61. The first-order valence-electron chi connectivity index (χ1n) is 13.0. The maximum absolute atomic E-state index is 13.4. The molecule has 1 heterocycles. The highest BCUT2D eigenvalue weighted by molar-refractivity contribution is 6.08. The zero-order valence-electron chi connectivity index (χ0n) is 21.1. The minimum absolute atomic E-state index is 0.114. The van der Waals surface area contributed by atoms with E-state index in [1.165, 1.54) is 12.1 Å². The first-order valence-corrected chi connectivity index (χ1v) is 13.0. The van der Waals surface area contributed by atoms with Gasteiger partial charge in [0.2, 0.25) is 11.8 Å². The molecule has 5 rings (SSSR count). The molecule has 3 aliphatic rings. The largest absolute Gasteiger partial charge is 0.462 e. The van der Waals surface area contributed by atoms with Crippen LogP contribution in [0, 0.1) is 23.7 Å². The third kappa shape index (κ3) is 4.92. The standard InChI is InChI=1S/C29H30N2O7/c1-2-37-28(35)18-10-12-21(13-11-18)30-23(32)16-38-29(36)22(14-17-6-4-3-5-7-17)31-26(33)24-19-8-9-20(15-19)25(24)27(31)34/h3-7,10-13,19-20,22,24-25H,2,8-9,14-16H2,1H3,(H,30,32)/t19-,20-,22-,24-,25-/m0/s1. The fourth-order valence-electron chi connectivity index (χ4n) is 6.19. The van der Waals surface area contributed by atoms with Gasteiger partial charge in [-0.25, -0.2) is 9.59 Å². The molecule has 3 fully saturated rings. The molecule has 5 atom stereocenters. The van der Waals surface area contributed by atoms with Crippen molar-refractivity contribution in [2.75, 3.05) is 18.5 Å². The molecule has 0 aromatic heterocycles. The summed E-state index contributed by atoms with van der Waals surface area (Å²) in [4.78, 5) is 65.5. The van der Waals surface area contributed by atoms with Crippen molar-refractivity contribution >= 4 is 35.3 Å². The number of likely N-dealkylation sites (tertiary alicyclic amines) is 1. The van der Waals surface area contributed by atoms with Crippen LogP contribution in [0.5, 0.6) is 0 Å². The molecular formula is C29H30N2O7. The number of esters is 2. The van der Waals surface area contributed by atoms with Gasteiger partial charge in [-0.1, -0.05) is 30.3 Å². The van der Waals surface area contributed by atoms with Gasteiger partial charge < -0.3 is 14.8 Å². The van der Waals surface area contributed by atoms with Crippen LogP contribution in [0.1, 0.15) is 42.1 Å². The van der Waals surface area contributed by atoms with Crippen molar-refractivity contribution in [1.29, 1.82) is 0 Å². The lowest BCUT2D eigenvalue weighted by molar-refractivity contribution is -0.160. The quantitative estimate of drug-likeness (QED) is 0.400. The van der Waals surface area contributed by atoms with Crippen LogP contribution in [0.15, 0.2) is 54.6 Å². The number of rotatable bonds is 9. The van der Waals surface area contributed by atoms with E-state index in [9.17, 15) is 24.0 Å². The van der Waals surface area contributed by atoms with Crippen LogP contribution in [0.25, 0.3) is 0 Å². The molecule has 1 N–H and O–H groups in total. The van der Waals surface area contributed by atoms with E-state index in [-0.39, 0.29) is 48.5 Å². The van der Waals surface area contributed by atoms with E-state index in [0.717, 1.165) is 29.7 Å². The number of imide groups is 1. The number of carbonyl (C=O) groups excluding carboxylic acids is 5. The fourth-order valence-corrected chi connectivity index (χ4v) is 6.19. The van der Waals surface area contributed by atoms with Gasteiger partial charge in [0, 0.05) is 12.1 Å². The van der Waals surface area contributed by atoms with Gasteiger partial charge in [-0.3, -0.25) is 19.3 Å². The van der Waals surface area contributed by atoms with Crippen molar-refractivity contribution in [3.05, 3.63) is 65.7 Å². The number of fused-ring (bicyclic) bond motifs is 5. The van der Waals surface area contributed by atoms with Crippen molar-refractivity contribution in [2.45, 2.75) is 38.6 Å². The van der Waals surface area contributed by atoms with E-state index in [4.69, 9.17) is 9.47 Å². The van der Waals surface area contributed by atoms with Gasteiger partial charge in [0.05, 0.1) is 24.0 Å². The van der Waals surface area contributed by atoms with E-state index >= 15 is 0 Å². The van der Waals surface area contributed by atoms with Gasteiger partial charge in [-0.05, 0) is 67.9 Å². The number of anilines is 1. The summed E-state index contributed by atoms with van der Waals surface area (Å²) in [6.07, 6.45) is 2.89. The Bertz CT molecular complexity index is 1220. The highest BCUT2D eigenvalue weighted by Gasteiger charge is 2.62. The summed E-state index contributed by atoms with van der Waals surface area (Å²) < 4.78 is 10.3. The lowest BCUT2D eigenvalue weighted by Gasteiger charge is -2.26. The molecule has 9 heteroatoms. The van der Waals surface area contributed by atoms with Gasteiger partial charge in [0.15, 0.2) is 6.61 Å². The number of ether oxygens (including phenoxy) is 2. The maximum atomic E-state index is 13.4. The number of amides is 3. The van der Waals surface area contributed by atoms with E-state index in [1.807, 2.05) is 30.3 Å². The normalized spacial score (nSPS) is 24.2. The van der Waals surface area contributed by atoms with Crippen LogP contribution in [0.3, 0.4) is 0 Å². The second-order valence-corrected chi connectivity index (χ2v) is 10.1. The molecule has 0 radical (unpaired) electrons. The van der Waals surface area contributed by atoms with Crippen molar-refractivity contribution in [3.63, 3.8) is 0 Å². The first kappa shape index (κ1) is 25.6. The summed E-state index contributed by atoms with van der Waals surface area (Å²) in [5.74, 6) is -2.76. The summed E-state index contributed by atoms with van der Waals surface area (Å²) in [6, 6.07) is 14.1. The zero-order chi connectivity index (χ0) is 26.8. The van der Waals surface area contributed by atoms with E-state index < -0.39 is 30.5 Å². The molecule has 9 nitrogen and oxygen atoms in total. The van der Waals surface area contributed by atoms with E-state index in [2.05, 4.69) is 5.32 Å². The fraction of sp³-hybridized carbons (Fsp3) is 0.414. The van der Waals surface area contributed by atoms with E-state index in [0.29, 0.717) is 11.3 Å². The van der Waals surface area contributed by atoms with Gasteiger partial charge >= 0.3 is 11.9 Å². The SMILES string of the molecule is CCOC(=O)c1ccc(NC(=O)COC(=O)[C@H](Cc2ccccc2)N2C(=O)[C@H]3[C@H]4CC[C@@H](C4)[C@@H]3C2=O)cc1. The number of benzene rings is 2. The van der Waals surface area contributed by atoms with Crippen LogP contribution < -0.4 is 5.32 Å². The average molecular weight is 519 g/mol. The van der Waals surface area contributed by atoms with Gasteiger partial charge in [0.1, 0.15) is 6.04 Å². The van der Waals surface area contributed by atoms with Gasteiger partial charge in [-0.15, -0.1) is 0 Å². The third-order valence-corrected chi connectivity index (χ3v) is 7.84. The van der Waals surface area contributed by atoms with Crippen LogP contribution in [-0.4, -0.2) is 53.8 Å². The smallest absolute Gasteiger partial charge is 0.338 e. The van der Waals surface area contributed by atoms with Gasteiger partial charge in [0.25, 0.3) is 5.91 Å². The van der Waals surface area contributed by atoms with Crippen molar-refractivity contribution in [1.82, 2.24) is 4.90 Å². The summed E-state index contributed by atoms with van der Waals surface area (Å²) in [7, 11) is 0. The Morgan fingerprint density at radius 3 is 2.16 bits per heavy atom. The molecule has 198 valence electrons. The molecular weight excluding hydrogens is 488 g/mol. The molecule has 1 saturated heterocycles. The zero-order valence-corrected chi connectivity index (χ0v) is 21.1. The lowest BCUT2D eigenvalue weighted by atomic mass is 9.81. The first-order chi connectivity index (χ1) is 18.4. The molecule has 1 aliphatic heterocycles. The second kappa shape index (κ2) is 10.8. The van der Waals surface area contributed by atoms with Crippen molar-refractivity contribution in [2.24, 2.45) is 23.7 Å². The molecule has 38 heavy (non-hydrogen) atoms.